The first-order valence-electron chi connectivity index (χ1n) is 8.22. The van der Waals surface area contributed by atoms with Gasteiger partial charge in [-0.15, -0.1) is 11.3 Å². The molecule has 1 aromatic heterocycles. The molecule has 3 nitrogen and oxygen atoms in total. The highest BCUT2D eigenvalue weighted by Gasteiger charge is 2.47. The minimum absolute atomic E-state index is 0.246. The summed E-state index contributed by atoms with van der Waals surface area (Å²) < 4.78 is 0. The van der Waals surface area contributed by atoms with E-state index in [1.807, 2.05) is 0 Å². The molecule has 4 heteroatoms. The summed E-state index contributed by atoms with van der Waals surface area (Å²) in [5.41, 5.74) is 5.58. The summed E-state index contributed by atoms with van der Waals surface area (Å²) >= 11 is 1.75. The van der Waals surface area contributed by atoms with Crippen molar-refractivity contribution in [3.8, 4) is 0 Å². The van der Waals surface area contributed by atoms with E-state index in [0.717, 1.165) is 25.8 Å². The summed E-state index contributed by atoms with van der Waals surface area (Å²) in [5, 5.41) is 2.11. The van der Waals surface area contributed by atoms with E-state index in [1.54, 1.807) is 11.3 Å². The zero-order valence-electron chi connectivity index (χ0n) is 12.9. The largest absolute Gasteiger partial charge is 0.339 e. The lowest BCUT2D eigenvalue weighted by Gasteiger charge is -2.39. The highest BCUT2D eigenvalue weighted by Crippen LogP contribution is 2.44. The van der Waals surface area contributed by atoms with Gasteiger partial charge in [-0.1, -0.05) is 25.3 Å². The molecule has 0 spiro atoms. The van der Waals surface area contributed by atoms with Crippen molar-refractivity contribution in [3.05, 3.63) is 22.4 Å². The summed E-state index contributed by atoms with van der Waals surface area (Å²) in [7, 11) is 0. The molecule has 2 atom stereocenters. The SMILES string of the molecule is CC1CC(CN)CN1C(=O)C1(c2cccs2)CCCCC1. The van der Waals surface area contributed by atoms with Crippen molar-refractivity contribution < 1.29 is 4.79 Å². The molecular formula is C17H26N2OS. The third-order valence-electron chi connectivity index (χ3n) is 5.36. The maximum absolute atomic E-state index is 13.4. The van der Waals surface area contributed by atoms with E-state index in [1.165, 1.54) is 24.1 Å². The number of rotatable bonds is 3. The molecule has 1 aromatic rings. The van der Waals surface area contributed by atoms with Crippen molar-refractivity contribution >= 4 is 17.2 Å². The highest BCUT2D eigenvalue weighted by atomic mass is 32.1. The summed E-state index contributed by atoms with van der Waals surface area (Å²) in [6.07, 6.45) is 6.70. The fourth-order valence-corrected chi connectivity index (χ4v) is 5.12. The van der Waals surface area contributed by atoms with Crippen molar-refractivity contribution in [1.29, 1.82) is 0 Å². The molecule has 2 N–H and O–H groups in total. The number of nitrogens with two attached hydrogens (primary N) is 1. The fourth-order valence-electron chi connectivity index (χ4n) is 4.14. The average molecular weight is 306 g/mol. The van der Waals surface area contributed by atoms with Gasteiger partial charge in [-0.05, 0) is 50.1 Å². The smallest absolute Gasteiger partial charge is 0.234 e. The van der Waals surface area contributed by atoms with Crippen molar-refractivity contribution in [3.63, 3.8) is 0 Å². The van der Waals surface area contributed by atoms with Crippen LogP contribution in [-0.2, 0) is 10.2 Å². The summed E-state index contributed by atoms with van der Waals surface area (Å²) in [4.78, 5) is 16.8. The monoisotopic (exact) mass is 306 g/mol. The molecule has 1 amide bonds. The predicted molar refractivity (Wildman–Crippen MR) is 87.4 cm³/mol. The second kappa shape index (κ2) is 6.09. The molecule has 1 saturated heterocycles. The van der Waals surface area contributed by atoms with Gasteiger partial charge in [0, 0.05) is 17.5 Å². The third kappa shape index (κ3) is 2.64. The first-order chi connectivity index (χ1) is 10.2. The predicted octanol–water partition coefficient (Wildman–Crippen LogP) is 3.15. The lowest BCUT2D eigenvalue weighted by Crippen LogP contribution is -2.49. The van der Waals surface area contributed by atoms with Gasteiger partial charge in [0.05, 0.1) is 5.41 Å². The van der Waals surface area contributed by atoms with Gasteiger partial charge < -0.3 is 10.6 Å². The van der Waals surface area contributed by atoms with Crippen LogP contribution in [0.3, 0.4) is 0 Å². The normalized spacial score (nSPS) is 28.8. The van der Waals surface area contributed by atoms with Gasteiger partial charge in [0.25, 0.3) is 0 Å². The first kappa shape index (κ1) is 15.0. The second-order valence-corrected chi connectivity index (χ2v) is 7.71. The van der Waals surface area contributed by atoms with Gasteiger partial charge in [0.1, 0.15) is 0 Å². The number of hydrogen-bond donors (Lipinski definition) is 1. The minimum Gasteiger partial charge on any atom is -0.339 e. The summed E-state index contributed by atoms with van der Waals surface area (Å²) in [6.45, 7) is 3.72. The van der Waals surface area contributed by atoms with Crippen LogP contribution in [0.5, 0.6) is 0 Å². The zero-order valence-corrected chi connectivity index (χ0v) is 13.7. The Morgan fingerprint density at radius 1 is 1.43 bits per heavy atom. The number of thiophene rings is 1. The number of hydrogen-bond acceptors (Lipinski definition) is 3. The zero-order chi connectivity index (χ0) is 14.9. The molecule has 3 rings (SSSR count). The van der Waals surface area contributed by atoms with Gasteiger partial charge in [0.15, 0.2) is 0 Å². The number of nitrogens with zero attached hydrogens (tertiary/aromatic N) is 1. The maximum Gasteiger partial charge on any atom is 0.234 e. The van der Waals surface area contributed by atoms with Crippen molar-refractivity contribution in [2.24, 2.45) is 11.7 Å². The molecule has 1 aliphatic carbocycles. The number of carbonyl (C=O) groups is 1. The molecule has 21 heavy (non-hydrogen) atoms. The van der Waals surface area contributed by atoms with Crippen molar-refractivity contribution in [2.45, 2.75) is 56.9 Å². The molecule has 2 heterocycles. The van der Waals surface area contributed by atoms with E-state index in [0.29, 0.717) is 24.4 Å². The van der Waals surface area contributed by atoms with E-state index < -0.39 is 0 Å². The second-order valence-electron chi connectivity index (χ2n) is 6.76. The quantitative estimate of drug-likeness (QED) is 0.932. The van der Waals surface area contributed by atoms with Crippen LogP contribution in [0.2, 0.25) is 0 Å². The molecule has 0 aromatic carbocycles. The number of carbonyl (C=O) groups excluding carboxylic acids is 1. The van der Waals surface area contributed by atoms with Gasteiger partial charge in [-0.3, -0.25) is 4.79 Å². The van der Waals surface area contributed by atoms with Gasteiger partial charge in [-0.25, -0.2) is 0 Å². The molecule has 2 fully saturated rings. The Morgan fingerprint density at radius 3 is 2.76 bits per heavy atom. The van der Waals surface area contributed by atoms with E-state index in [-0.39, 0.29) is 5.41 Å². The van der Waals surface area contributed by atoms with Crippen LogP contribution >= 0.6 is 11.3 Å². The maximum atomic E-state index is 13.4. The van der Waals surface area contributed by atoms with E-state index in [2.05, 4.69) is 29.3 Å². The Balaban J connectivity index is 1.88. The molecule has 116 valence electrons. The molecular weight excluding hydrogens is 280 g/mol. The lowest BCUT2D eigenvalue weighted by atomic mass is 9.72. The van der Waals surface area contributed by atoms with Crippen LogP contribution in [0.25, 0.3) is 0 Å². The minimum atomic E-state index is -0.246. The lowest BCUT2D eigenvalue weighted by molar-refractivity contribution is -0.139. The number of likely N-dealkylation sites (tertiary alicyclic amines) is 1. The van der Waals surface area contributed by atoms with Crippen LogP contribution in [0.15, 0.2) is 17.5 Å². The van der Waals surface area contributed by atoms with Crippen molar-refractivity contribution in [2.75, 3.05) is 13.1 Å². The standard InChI is InChI=1S/C17H26N2OS/c1-13-10-14(11-18)12-19(13)16(20)17(7-3-2-4-8-17)15-6-5-9-21-15/h5-6,9,13-14H,2-4,7-8,10-12,18H2,1H3. The Hall–Kier alpha value is -0.870. The molecule has 2 aliphatic rings. The van der Waals surface area contributed by atoms with Crippen LogP contribution in [0.4, 0.5) is 0 Å². The molecule has 0 bridgehead atoms. The van der Waals surface area contributed by atoms with Crippen molar-refractivity contribution in [1.82, 2.24) is 4.90 Å². The number of amides is 1. The summed E-state index contributed by atoms with van der Waals surface area (Å²) in [5.74, 6) is 0.848. The van der Waals surface area contributed by atoms with Gasteiger partial charge in [0.2, 0.25) is 5.91 Å². The van der Waals surface area contributed by atoms with Crippen LogP contribution in [0.1, 0.15) is 50.3 Å². The Morgan fingerprint density at radius 2 is 2.19 bits per heavy atom. The molecule has 2 unspecified atom stereocenters. The topological polar surface area (TPSA) is 46.3 Å². The van der Waals surface area contributed by atoms with Gasteiger partial charge in [-0.2, -0.15) is 0 Å². The molecule has 1 aliphatic heterocycles. The first-order valence-corrected chi connectivity index (χ1v) is 9.10. The van der Waals surface area contributed by atoms with Crippen LogP contribution < -0.4 is 5.73 Å². The highest BCUT2D eigenvalue weighted by molar-refractivity contribution is 7.10. The van der Waals surface area contributed by atoms with Gasteiger partial charge >= 0.3 is 0 Å². The van der Waals surface area contributed by atoms with E-state index >= 15 is 0 Å². The molecule has 1 saturated carbocycles. The Bertz CT molecular complexity index is 479. The summed E-state index contributed by atoms with van der Waals surface area (Å²) in [6, 6.07) is 4.58. The van der Waals surface area contributed by atoms with E-state index in [9.17, 15) is 4.79 Å². The Kier molecular flexibility index (Phi) is 4.36. The fraction of sp³-hybridized carbons (Fsp3) is 0.706. The third-order valence-corrected chi connectivity index (χ3v) is 6.44. The van der Waals surface area contributed by atoms with Crippen LogP contribution in [-0.4, -0.2) is 29.9 Å². The Labute approximate surface area is 131 Å². The molecule has 0 radical (unpaired) electrons. The van der Waals surface area contributed by atoms with E-state index in [4.69, 9.17) is 5.73 Å². The van der Waals surface area contributed by atoms with Crippen LogP contribution in [0, 0.1) is 5.92 Å². The average Bonchev–Trinajstić information content (AvgIpc) is 3.16.